The predicted octanol–water partition coefficient (Wildman–Crippen LogP) is 1.45. The molecule has 20 heavy (non-hydrogen) atoms. The van der Waals surface area contributed by atoms with Gasteiger partial charge in [-0.25, -0.2) is 0 Å². The lowest BCUT2D eigenvalue weighted by molar-refractivity contribution is -0.148. The Morgan fingerprint density at radius 1 is 1.50 bits per heavy atom. The van der Waals surface area contributed by atoms with E-state index in [-0.39, 0.29) is 5.91 Å². The number of carboxylic acid groups (broad SMARTS) is 1. The van der Waals surface area contributed by atoms with E-state index in [9.17, 15) is 14.7 Å². The molecule has 1 aliphatic heterocycles. The fraction of sp³-hybridized carbons (Fsp3) is 0.643. The van der Waals surface area contributed by atoms with Crippen LogP contribution < -0.4 is 0 Å². The minimum absolute atomic E-state index is 0.116. The Kier molecular flexibility index (Phi) is 3.83. The molecule has 1 saturated heterocycles. The zero-order valence-electron chi connectivity index (χ0n) is 12.2. The lowest BCUT2D eigenvalue weighted by atomic mass is 9.83. The predicted molar refractivity (Wildman–Crippen MR) is 73.4 cm³/mol. The standard InChI is InChI=1S/C14H21N3O3/c1-4-5-14(13(19)20)6-7-17(9-14)12(18)11-8-15-16(3)10(11)2/h8H,4-7,9H2,1-3H3,(H,19,20). The Balaban J connectivity index is 2.18. The Labute approximate surface area is 118 Å². The maximum atomic E-state index is 12.5. The first-order chi connectivity index (χ1) is 9.41. The van der Waals surface area contributed by atoms with Crippen molar-refractivity contribution < 1.29 is 14.7 Å². The van der Waals surface area contributed by atoms with Gasteiger partial charge in [0.25, 0.3) is 5.91 Å². The van der Waals surface area contributed by atoms with E-state index < -0.39 is 11.4 Å². The van der Waals surface area contributed by atoms with Crippen molar-refractivity contribution in [2.45, 2.75) is 33.1 Å². The minimum atomic E-state index is -0.794. The Morgan fingerprint density at radius 2 is 2.20 bits per heavy atom. The van der Waals surface area contributed by atoms with Gasteiger partial charge in [0, 0.05) is 25.8 Å². The maximum Gasteiger partial charge on any atom is 0.311 e. The van der Waals surface area contributed by atoms with E-state index in [0.29, 0.717) is 31.5 Å². The van der Waals surface area contributed by atoms with Crippen LogP contribution in [0.4, 0.5) is 0 Å². The summed E-state index contributed by atoms with van der Waals surface area (Å²) < 4.78 is 1.65. The molecule has 6 heteroatoms. The summed E-state index contributed by atoms with van der Waals surface area (Å²) in [5.41, 5.74) is 0.587. The number of nitrogens with zero attached hydrogens (tertiary/aromatic N) is 3. The fourth-order valence-corrected chi connectivity index (χ4v) is 2.89. The normalized spacial score (nSPS) is 22.2. The van der Waals surface area contributed by atoms with Gasteiger partial charge >= 0.3 is 5.97 Å². The molecule has 0 aromatic carbocycles. The number of amides is 1. The molecular weight excluding hydrogens is 258 g/mol. The molecule has 110 valence electrons. The van der Waals surface area contributed by atoms with E-state index in [1.807, 2.05) is 13.8 Å². The van der Waals surface area contributed by atoms with E-state index in [1.54, 1.807) is 22.8 Å². The summed E-state index contributed by atoms with van der Waals surface area (Å²) in [7, 11) is 1.79. The quantitative estimate of drug-likeness (QED) is 0.905. The van der Waals surface area contributed by atoms with Crippen LogP contribution in [0.5, 0.6) is 0 Å². The lowest BCUT2D eigenvalue weighted by Crippen LogP contribution is -2.37. The number of carboxylic acids is 1. The van der Waals surface area contributed by atoms with Crippen LogP contribution in [0.15, 0.2) is 6.20 Å². The van der Waals surface area contributed by atoms with E-state index in [0.717, 1.165) is 12.1 Å². The molecule has 0 spiro atoms. The van der Waals surface area contributed by atoms with Crippen molar-refractivity contribution in [3.63, 3.8) is 0 Å². The van der Waals surface area contributed by atoms with E-state index >= 15 is 0 Å². The average Bonchev–Trinajstić information content (AvgIpc) is 2.96. The summed E-state index contributed by atoms with van der Waals surface area (Å²) in [6, 6.07) is 0. The van der Waals surface area contributed by atoms with Gasteiger partial charge in [0.15, 0.2) is 0 Å². The Bertz CT molecular complexity index is 538. The molecule has 2 heterocycles. The number of aromatic nitrogens is 2. The van der Waals surface area contributed by atoms with Crippen LogP contribution in [0.25, 0.3) is 0 Å². The average molecular weight is 279 g/mol. The number of carbonyl (C=O) groups excluding carboxylic acids is 1. The van der Waals surface area contributed by atoms with Gasteiger partial charge in [-0.1, -0.05) is 13.3 Å². The fourth-order valence-electron chi connectivity index (χ4n) is 2.89. The van der Waals surface area contributed by atoms with Gasteiger partial charge in [0.05, 0.1) is 17.2 Å². The summed E-state index contributed by atoms with van der Waals surface area (Å²) in [6.45, 7) is 4.61. The number of aliphatic carboxylic acids is 1. The van der Waals surface area contributed by atoms with Crippen molar-refractivity contribution in [1.82, 2.24) is 14.7 Å². The van der Waals surface area contributed by atoms with Crippen LogP contribution in [0, 0.1) is 12.3 Å². The van der Waals surface area contributed by atoms with Crippen LogP contribution in [0.1, 0.15) is 42.2 Å². The summed E-state index contributed by atoms with van der Waals surface area (Å²) in [6.07, 6.45) is 3.50. The molecule has 1 aromatic heterocycles. The van der Waals surface area contributed by atoms with Gasteiger partial charge in [-0.05, 0) is 19.8 Å². The van der Waals surface area contributed by atoms with Crippen molar-refractivity contribution in [2.75, 3.05) is 13.1 Å². The molecule has 1 atom stereocenters. The van der Waals surface area contributed by atoms with Gasteiger partial charge in [-0.3, -0.25) is 14.3 Å². The van der Waals surface area contributed by atoms with Crippen LogP contribution in [0.3, 0.4) is 0 Å². The molecule has 0 radical (unpaired) electrons. The van der Waals surface area contributed by atoms with Gasteiger partial charge in [0.1, 0.15) is 0 Å². The number of hydrogen-bond donors (Lipinski definition) is 1. The third kappa shape index (κ3) is 2.30. The third-order valence-corrected chi connectivity index (χ3v) is 4.29. The van der Waals surface area contributed by atoms with Crippen molar-refractivity contribution in [2.24, 2.45) is 12.5 Å². The van der Waals surface area contributed by atoms with Crippen LogP contribution >= 0.6 is 0 Å². The number of likely N-dealkylation sites (tertiary alicyclic amines) is 1. The SMILES string of the molecule is CCCC1(C(=O)O)CCN(C(=O)c2cnn(C)c2C)C1. The summed E-state index contributed by atoms with van der Waals surface area (Å²) in [5, 5.41) is 13.5. The van der Waals surface area contributed by atoms with Gasteiger partial charge in [0.2, 0.25) is 0 Å². The third-order valence-electron chi connectivity index (χ3n) is 4.29. The maximum absolute atomic E-state index is 12.5. The molecule has 1 unspecified atom stereocenters. The van der Waals surface area contributed by atoms with Crippen molar-refractivity contribution in [1.29, 1.82) is 0 Å². The number of aryl methyl sites for hydroxylation is 1. The first-order valence-electron chi connectivity index (χ1n) is 6.92. The Hall–Kier alpha value is -1.85. The molecule has 6 nitrogen and oxygen atoms in total. The van der Waals surface area contributed by atoms with Crippen LogP contribution in [-0.2, 0) is 11.8 Å². The second-order valence-corrected chi connectivity index (χ2v) is 5.58. The van der Waals surface area contributed by atoms with Crippen molar-refractivity contribution >= 4 is 11.9 Å². The lowest BCUT2D eigenvalue weighted by Gasteiger charge is -2.24. The van der Waals surface area contributed by atoms with Crippen molar-refractivity contribution in [3.8, 4) is 0 Å². The van der Waals surface area contributed by atoms with Gasteiger partial charge < -0.3 is 10.0 Å². The van der Waals surface area contributed by atoms with Gasteiger partial charge in [-0.15, -0.1) is 0 Å². The molecular formula is C14H21N3O3. The number of hydrogen-bond acceptors (Lipinski definition) is 3. The molecule has 0 aliphatic carbocycles. The zero-order chi connectivity index (χ0) is 14.9. The van der Waals surface area contributed by atoms with E-state index in [4.69, 9.17) is 0 Å². The van der Waals surface area contributed by atoms with Gasteiger partial charge in [-0.2, -0.15) is 5.10 Å². The smallest absolute Gasteiger partial charge is 0.311 e. The minimum Gasteiger partial charge on any atom is -0.481 e. The summed E-state index contributed by atoms with van der Waals surface area (Å²) in [4.78, 5) is 25.7. The summed E-state index contributed by atoms with van der Waals surface area (Å²) >= 11 is 0. The Morgan fingerprint density at radius 3 is 2.70 bits per heavy atom. The second kappa shape index (κ2) is 5.26. The number of rotatable bonds is 4. The second-order valence-electron chi connectivity index (χ2n) is 5.58. The first kappa shape index (κ1) is 14.6. The zero-order valence-corrected chi connectivity index (χ0v) is 12.2. The molecule has 1 N–H and O–H groups in total. The highest BCUT2D eigenvalue weighted by Gasteiger charge is 2.45. The molecule has 1 aliphatic rings. The molecule has 0 bridgehead atoms. The van der Waals surface area contributed by atoms with Crippen LogP contribution in [-0.4, -0.2) is 44.8 Å². The summed E-state index contributed by atoms with van der Waals surface area (Å²) in [5.74, 6) is -0.910. The van der Waals surface area contributed by atoms with Crippen molar-refractivity contribution in [3.05, 3.63) is 17.5 Å². The highest BCUT2D eigenvalue weighted by Crippen LogP contribution is 2.36. The van der Waals surface area contributed by atoms with Crippen LogP contribution in [0.2, 0.25) is 0 Å². The van der Waals surface area contributed by atoms with E-state index in [1.165, 1.54) is 0 Å². The first-order valence-corrected chi connectivity index (χ1v) is 6.92. The number of carbonyl (C=O) groups is 2. The molecule has 1 fully saturated rings. The highest BCUT2D eigenvalue weighted by atomic mass is 16.4. The highest BCUT2D eigenvalue weighted by molar-refractivity contribution is 5.95. The monoisotopic (exact) mass is 279 g/mol. The molecule has 2 rings (SSSR count). The molecule has 0 saturated carbocycles. The van der Waals surface area contributed by atoms with E-state index in [2.05, 4.69) is 5.10 Å². The molecule has 1 amide bonds. The molecule has 1 aromatic rings. The topological polar surface area (TPSA) is 75.4 Å². The largest absolute Gasteiger partial charge is 0.481 e.